The highest BCUT2D eigenvalue weighted by Crippen LogP contribution is 2.31. The summed E-state index contributed by atoms with van der Waals surface area (Å²) < 4.78 is 14.4. The van der Waals surface area contributed by atoms with Crippen LogP contribution in [-0.2, 0) is 5.41 Å². The number of rotatable bonds is 1. The number of benzene rings is 1. The van der Waals surface area contributed by atoms with Gasteiger partial charge in [0.15, 0.2) is 0 Å². The Morgan fingerprint density at radius 3 is 2.16 bits per heavy atom. The largest absolute Gasteiger partial charge is 0.369 e. The van der Waals surface area contributed by atoms with Crippen LogP contribution in [0.25, 0.3) is 0 Å². The summed E-state index contributed by atoms with van der Waals surface area (Å²) in [5.74, 6) is 1.21. The number of hydrogen-bond acceptors (Lipinski definition) is 1. The zero-order valence-electron chi connectivity index (χ0n) is 12.8. The van der Waals surface area contributed by atoms with Gasteiger partial charge in [-0.3, -0.25) is 0 Å². The van der Waals surface area contributed by atoms with Gasteiger partial charge in [0.25, 0.3) is 0 Å². The summed E-state index contributed by atoms with van der Waals surface area (Å²) >= 11 is 0. The van der Waals surface area contributed by atoms with Gasteiger partial charge in [-0.15, -0.1) is 0 Å². The quantitative estimate of drug-likeness (QED) is 0.715. The molecule has 1 aromatic carbocycles. The van der Waals surface area contributed by atoms with E-state index < -0.39 is 0 Å². The van der Waals surface area contributed by atoms with Crippen molar-refractivity contribution in [1.29, 1.82) is 0 Å². The van der Waals surface area contributed by atoms with Gasteiger partial charge in [0, 0.05) is 13.1 Å². The number of hydrogen-bond donors (Lipinski definition) is 0. The fourth-order valence-corrected chi connectivity index (χ4v) is 3.09. The van der Waals surface area contributed by atoms with Gasteiger partial charge in [-0.25, -0.2) is 4.39 Å². The summed E-state index contributed by atoms with van der Waals surface area (Å²) in [5.41, 5.74) is 1.83. The molecule has 0 radical (unpaired) electrons. The Morgan fingerprint density at radius 1 is 1.11 bits per heavy atom. The van der Waals surface area contributed by atoms with E-state index in [-0.39, 0.29) is 11.2 Å². The Morgan fingerprint density at radius 2 is 1.68 bits per heavy atom. The molecule has 0 aliphatic carbocycles. The van der Waals surface area contributed by atoms with Crippen molar-refractivity contribution in [1.82, 2.24) is 0 Å². The van der Waals surface area contributed by atoms with Gasteiger partial charge >= 0.3 is 0 Å². The van der Waals surface area contributed by atoms with Crippen molar-refractivity contribution < 1.29 is 4.39 Å². The Balaban J connectivity index is 2.26. The SMILES string of the molecule is C[C@@H]1C[C@H](C)CN(c2ccc(C(C)(C)C)cc2F)C1. The summed E-state index contributed by atoms with van der Waals surface area (Å²) in [6.07, 6.45) is 1.25. The minimum Gasteiger partial charge on any atom is -0.369 e. The fourth-order valence-electron chi connectivity index (χ4n) is 3.09. The molecule has 0 aromatic heterocycles. The smallest absolute Gasteiger partial charge is 0.146 e. The van der Waals surface area contributed by atoms with Crippen molar-refractivity contribution in [2.45, 2.75) is 46.5 Å². The molecule has 19 heavy (non-hydrogen) atoms. The first kappa shape index (κ1) is 14.4. The molecule has 0 bridgehead atoms. The Labute approximate surface area is 116 Å². The van der Waals surface area contributed by atoms with Crippen LogP contribution in [0.4, 0.5) is 10.1 Å². The van der Waals surface area contributed by atoms with E-state index in [1.165, 1.54) is 6.42 Å². The summed E-state index contributed by atoms with van der Waals surface area (Å²) in [5, 5.41) is 0. The first-order chi connectivity index (χ1) is 8.77. The van der Waals surface area contributed by atoms with Gasteiger partial charge in [0.05, 0.1) is 5.69 Å². The van der Waals surface area contributed by atoms with E-state index in [1.54, 1.807) is 6.07 Å². The van der Waals surface area contributed by atoms with Crippen molar-refractivity contribution in [2.75, 3.05) is 18.0 Å². The molecule has 0 saturated carbocycles. The Bertz CT molecular complexity index is 437. The molecular weight excluding hydrogens is 237 g/mol. The van der Waals surface area contributed by atoms with Crippen LogP contribution in [0.2, 0.25) is 0 Å². The summed E-state index contributed by atoms with van der Waals surface area (Å²) in [6, 6.07) is 5.74. The lowest BCUT2D eigenvalue weighted by Gasteiger charge is -2.37. The molecule has 1 heterocycles. The third-order valence-corrected chi connectivity index (χ3v) is 4.02. The zero-order valence-corrected chi connectivity index (χ0v) is 12.8. The van der Waals surface area contributed by atoms with Crippen molar-refractivity contribution in [3.63, 3.8) is 0 Å². The minimum absolute atomic E-state index is 0.00184. The molecule has 1 nitrogen and oxygen atoms in total. The average Bonchev–Trinajstić information content (AvgIpc) is 2.26. The fraction of sp³-hybridized carbons (Fsp3) is 0.647. The van der Waals surface area contributed by atoms with Gasteiger partial charge in [-0.1, -0.05) is 40.7 Å². The third kappa shape index (κ3) is 3.29. The maximum Gasteiger partial charge on any atom is 0.146 e. The van der Waals surface area contributed by atoms with Crippen LogP contribution in [0, 0.1) is 17.7 Å². The standard InChI is InChI=1S/C17H26FN/c1-12-8-13(2)11-19(10-12)16-7-6-14(9-15(16)18)17(3,4)5/h6-7,9,12-13H,8,10-11H2,1-5H3/t12-,13+. The molecule has 0 amide bonds. The second kappa shape index (κ2) is 5.15. The molecule has 1 fully saturated rings. The number of anilines is 1. The minimum atomic E-state index is -0.0753. The van der Waals surface area contributed by atoms with Crippen LogP contribution in [0.5, 0.6) is 0 Å². The topological polar surface area (TPSA) is 3.24 Å². The Hall–Kier alpha value is -1.05. The Kier molecular flexibility index (Phi) is 3.89. The average molecular weight is 263 g/mol. The highest BCUT2D eigenvalue weighted by Gasteiger charge is 2.24. The predicted molar refractivity (Wildman–Crippen MR) is 80.3 cm³/mol. The monoisotopic (exact) mass is 263 g/mol. The molecular formula is C17H26FN. The number of piperidine rings is 1. The molecule has 2 heteroatoms. The third-order valence-electron chi connectivity index (χ3n) is 4.02. The zero-order chi connectivity index (χ0) is 14.2. The molecule has 1 saturated heterocycles. The molecule has 0 N–H and O–H groups in total. The lowest BCUT2D eigenvalue weighted by Crippen LogP contribution is -2.39. The van der Waals surface area contributed by atoms with Crippen LogP contribution in [0.1, 0.15) is 46.6 Å². The van der Waals surface area contributed by atoms with E-state index >= 15 is 0 Å². The van der Waals surface area contributed by atoms with Crippen molar-refractivity contribution in [2.24, 2.45) is 11.8 Å². The number of nitrogens with zero attached hydrogens (tertiary/aromatic N) is 1. The van der Waals surface area contributed by atoms with Gasteiger partial charge in [0.2, 0.25) is 0 Å². The second-order valence-corrected chi connectivity index (χ2v) is 7.27. The predicted octanol–water partition coefficient (Wildman–Crippen LogP) is 4.61. The second-order valence-electron chi connectivity index (χ2n) is 7.27. The molecule has 2 atom stereocenters. The molecule has 1 aliphatic heterocycles. The van der Waals surface area contributed by atoms with Crippen LogP contribution in [-0.4, -0.2) is 13.1 Å². The van der Waals surface area contributed by atoms with E-state index in [2.05, 4.69) is 45.6 Å². The van der Waals surface area contributed by atoms with E-state index in [0.717, 1.165) is 24.3 Å². The molecule has 2 rings (SSSR count). The lowest BCUT2D eigenvalue weighted by atomic mass is 9.86. The first-order valence-corrected chi connectivity index (χ1v) is 7.32. The molecule has 1 aliphatic rings. The van der Waals surface area contributed by atoms with Gasteiger partial charge in [0.1, 0.15) is 5.82 Å². The highest BCUT2D eigenvalue weighted by atomic mass is 19.1. The molecule has 1 aromatic rings. The lowest BCUT2D eigenvalue weighted by molar-refractivity contribution is 0.354. The van der Waals surface area contributed by atoms with Crippen LogP contribution < -0.4 is 4.90 Å². The molecule has 106 valence electrons. The van der Waals surface area contributed by atoms with Crippen LogP contribution in [0.15, 0.2) is 18.2 Å². The maximum atomic E-state index is 14.4. The van der Waals surface area contributed by atoms with Gasteiger partial charge in [-0.2, -0.15) is 0 Å². The molecule has 0 spiro atoms. The van der Waals surface area contributed by atoms with Crippen molar-refractivity contribution in [3.05, 3.63) is 29.6 Å². The van der Waals surface area contributed by atoms with E-state index in [4.69, 9.17) is 0 Å². The molecule has 0 unspecified atom stereocenters. The number of halogens is 1. The first-order valence-electron chi connectivity index (χ1n) is 7.32. The van der Waals surface area contributed by atoms with Crippen molar-refractivity contribution >= 4 is 5.69 Å². The summed E-state index contributed by atoms with van der Waals surface area (Å²) in [6.45, 7) is 12.8. The summed E-state index contributed by atoms with van der Waals surface area (Å²) in [4.78, 5) is 2.21. The van der Waals surface area contributed by atoms with Crippen LogP contribution >= 0.6 is 0 Å². The summed E-state index contributed by atoms with van der Waals surface area (Å²) in [7, 11) is 0. The van der Waals surface area contributed by atoms with E-state index in [0.29, 0.717) is 11.8 Å². The van der Waals surface area contributed by atoms with Crippen molar-refractivity contribution in [3.8, 4) is 0 Å². The normalized spacial score (nSPS) is 24.6. The maximum absolute atomic E-state index is 14.4. The van der Waals surface area contributed by atoms with Gasteiger partial charge in [-0.05, 0) is 41.4 Å². The van der Waals surface area contributed by atoms with Gasteiger partial charge < -0.3 is 4.90 Å². The van der Waals surface area contributed by atoms with E-state index in [9.17, 15) is 4.39 Å². The highest BCUT2D eigenvalue weighted by molar-refractivity contribution is 5.50. The van der Waals surface area contributed by atoms with E-state index in [1.807, 2.05) is 6.07 Å². The van der Waals surface area contributed by atoms with Crippen LogP contribution in [0.3, 0.4) is 0 Å².